The molecule has 1 N–H and O–H groups in total. The average molecular weight is 539 g/mol. The highest BCUT2D eigenvalue weighted by molar-refractivity contribution is 6.31. The summed E-state index contributed by atoms with van der Waals surface area (Å²) in [6, 6.07) is 11.4. The number of hydrogen-bond acceptors (Lipinski definition) is 3. The lowest BCUT2D eigenvalue weighted by Gasteiger charge is -2.44. The monoisotopic (exact) mass is 537 g/mol. The highest BCUT2D eigenvalue weighted by Gasteiger charge is 2.61. The second kappa shape index (κ2) is 12.9. The normalized spacial score (nSPS) is 21.9. The van der Waals surface area contributed by atoms with Crippen molar-refractivity contribution >= 4 is 29.6 Å². The largest absolute Gasteiger partial charge is 0.359 e. The van der Waals surface area contributed by atoms with Gasteiger partial charge in [-0.3, -0.25) is 9.69 Å². The van der Waals surface area contributed by atoms with Crippen LogP contribution in [-0.4, -0.2) is 37.0 Å². The molecule has 0 radical (unpaired) electrons. The van der Waals surface area contributed by atoms with Gasteiger partial charge in [-0.15, -0.1) is 0 Å². The fraction of sp³-hybridized carbons (Fsp3) is 0.500. The first-order valence-corrected chi connectivity index (χ1v) is 13.0. The van der Waals surface area contributed by atoms with E-state index in [-0.39, 0.29) is 27.1 Å². The molecule has 0 aliphatic carbocycles. The highest BCUT2D eigenvalue weighted by atomic mass is 35.5. The van der Waals surface area contributed by atoms with Crippen LogP contribution < -0.4 is 5.32 Å². The van der Waals surface area contributed by atoms with Crippen molar-refractivity contribution in [3.63, 3.8) is 0 Å². The molecule has 1 aliphatic heterocycles. The fourth-order valence-electron chi connectivity index (χ4n) is 5.35. The van der Waals surface area contributed by atoms with Crippen molar-refractivity contribution in [2.24, 2.45) is 5.41 Å². The maximum absolute atomic E-state index is 15.4. The highest BCUT2D eigenvalue weighted by Crippen LogP contribution is 2.55. The van der Waals surface area contributed by atoms with Gasteiger partial charge < -0.3 is 5.32 Å². The minimum absolute atomic E-state index is 0.000217. The molecule has 196 valence electrons. The molecule has 4 nitrogen and oxygen atoms in total. The summed E-state index contributed by atoms with van der Waals surface area (Å²) < 4.78 is 30.6. The Balaban J connectivity index is 0.000000830. The zero-order valence-electron chi connectivity index (χ0n) is 21.5. The third-order valence-electron chi connectivity index (χ3n) is 6.59. The number of benzene rings is 2. The van der Waals surface area contributed by atoms with Gasteiger partial charge in [-0.25, -0.2) is 8.78 Å². The second-order valence-corrected chi connectivity index (χ2v) is 10.9. The van der Waals surface area contributed by atoms with Gasteiger partial charge >= 0.3 is 0 Å². The first-order chi connectivity index (χ1) is 17.0. The van der Waals surface area contributed by atoms with E-state index < -0.39 is 23.0 Å². The topological polar surface area (TPSA) is 56.1 Å². The summed E-state index contributed by atoms with van der Waals surface area (Å²) in [5, 5.41) is 13.4. The van der Waals surface area contributed by atoms with E-state index >= 15 is 8.78 Å². The third kappa shape index (κ3) is 6.19. The van der Waals surface area contributed by atoms with Gasteiger partial charge in [0.15, 0.2) is 0 Å². The first kappa shape index (κ1) is 30.0. The van der Waals surface area contributed by atoms with Gasteiger partial charge in [0, 0.05) is 35.6 Å². The zero-order valence-corrected chi connectivity index (χ0v) is 23.1. The Morgan fingerprint density at radius 3 is 2.42 bits per heavy atom. The molecule has 3 atom stereocenters. The molecule has 1 saturated heterocycles. The maximum Gasteiger partial charge on any atom is 0.207 e. The van der Waals surface area contributed by atoms with E-state index in [0.29, 0.717) is 18.5 Å². The number of carbonyl (C=O) groups is 1. The molecule has 2 aromatic rings. The molecule has 1 amide bonds. The fourth-order valence-corrected chi connectivity index (χ4v) is 5.69. The van der Waals surface area contributed by atoms with Crippen LogP contribution in [0, 0.1) is 28.4 Å². The molecule has 0 spiro atoms. The summed E-state index contributed by atoms with van der Waals surface area (Å²) in [5.41, 5.74) is -1.09. The number of nitrogens with one attached hydrogen (secondary N) is 1. The van der Waals surface area contributed by atoms with Crippen LogP contribution in [0.5, 0.6) is 0 Å². The second-order valence-electron chi connectivity index (χ2n) is 10.1. The predicted octanol–water partition coefficient (Wildman–Crippen LogP) is 7.10. The molecule has 0 saturated carbocycles. The molecule has 0 bridgehead atoms. The lowest BCUT2D eigenvalue weighted by Crippen LogP contribution is -2.51. The Morgan fingerprint density at radius 1 is 1.22 bits per heavy atom. The van der Waals surface area contributed by atoms with Crippen molar-refractivity contribution in [1.29, 1.82) is 5.26 Å². The number of amides is 1. The summed E-state index contributed by atoms with van der Waals surface area (Å²) in [4.78, 5) is 11.5. The van der Waals surface area contributed by atoms with Gasteiger partial charge in [0.25, 0.3) is 0 Å². The van der Waals surface area contributed by atoms with Crippen LogP contribution in [0.3, 0.4) is 0 Å². The molecular weight excluding hydrogens is 503 g/mol. The summed E-state index contributed by atoms with van der Waals surface area (Å²) >= 11 is 12.1. The lowest BCUT2D eigenvalue weighted by atomic mass is 9.61. The van der Waals surface area contributed by atoms with Crippen molar-refractivity contribution < 1.29 is 13.6 Å². The molecular formula is C28H35Cl2F2N3O. The molecule has 0 aromatic heterocycles. The quantitative estimate of drug-likeness (QED) is 0.383. The van der Waals surface area contributed by atoms with Crippen molar-refractivity contribution in [3.8, 4) is 6.07 Å². The summed E-state index contributed by atoms with van der Waals surface area (Å²) in [6.07, 6.45) is 2.60. The van der Waals surface area contributed by atoms with Crippen molar-refractivity contribution in [2.75, 3.05) is 19.6 Å². The summed E-state index contributed by atoms with van der Waals surface area (Å²) in [6.45, 7) is 12.0. The number of likely N-dealkylation sites (tertiary alicyclic amines) is 1. The van der Waals surface area contributed by atoms with E-state index in [1.807, 2.05) is 27.7 Å². The number of nitriles is 1. The molecule has 1 aliphatic rings. The molecule has 3 rings (SSSR count). The van der Waals surface area contributed by atoms with Crippen LogP contribution in [-0.2, 0) is 10.2 Å². The summed E-state index contributed by atoms with van der Waals surface area (Å²) in [7, 11) is 0. The van der Waals surface area contributed by atoms with Crippen LogP contribution in [0.25, 0.3) is 0 Å². The molecule has 2 aromatic carbocycles. The Labute approximate surface area is 223 Å². The Bertz CT molecular complexity index is 1080. The lowest BCUT2D eigenvalue weighted by molar-refractivity contribution is -0.109. The van der Waals surface area contributed by atoms with Gasteiger partial charge in [0.1, 0.15) is 17.0 Å². The minimum atomic E-state index is -1.31. The van der Waals surface area contributed by atoms with Crippen LogP contribution in [0.1, 0.15) is 64.5 Å². The van der Waals surface area contributed by atoms with Crippen molar-refractivity contribution in [2.45, 2.75) is 64.8 Å². The number of nitrogens with zero attached hydrogens (tertiary/aromatic N) is 2. The van der Waals surface area contributed by atoms with Gasteiger partial charge in [0.05, 0.1) is 11.1 Å². The van der Waals surface area contributed by atoms with E-state index in [2.05, 4.69) is 23.2 Å². The zero-order chi connectivity index (χ0) is 27.1. The van der Waals surface area contributed by atoms with Crippen molar-refractivity contribution in [3.05, 3.63) is 69.2 Å². The Hall–Kier alpha value is -2.20. The first-order valence-electron chi connectivity index (χ1n) is 12.2. The van der Waals surface area contributed by atoms with Gasteiger partial charge in [0.2, 0.25) is 6.41 Å². The van der Waals surface area contributed by atoms with Gasteiger partial charge in [-0.2, -0.15) is 5.26 Å². The standard InChI is InChI=1S/C25H28Cl2F2N2.C3H7NO/c1-5-6-12-31-14-19(17-8-7-9-20(27)22(17)29)25(15-30,23(31)24(2,3)4)18-11-10-16(26)13-21(18)28;1-2-4-3-5/h7-11,13,19,23H,5-6,12,14H2,1-4H3;3H,2H2,1H3,(H,4,5)/t19-,23+,25-;/m1./s1. The molecule has 8 heteroatoms. The Morgan fingerprint density at radius 2 is 1.92 bits per heavy atom. The average Bonchev–Trinajstić information content (AvgIpc) is 3.15. The molecule has 36 heavy (non-hydrogen) atoms. The Kier molecular flexibility index (Phi) is 10.7. The van der Waals surface area contributed by atoms with Crippen LogP contribution in [0.15, 0.2) is 36.4 Å². The minimum Gasteiger partial charge on any atom is -0.359 e. The van der Waals surface area contributed by atoms with E-state index in [9.17, 15) is 10.1 Å². The third-order valence-corrected chi connectivity index (χ3v) is 7.12. The SMILES string of the molecule is CCCCN1C[C@H](c2cccc(Cl)c2F)[C@@](C#N)(c2ccc(Cl)cc2F)[C@@H]1C(C)(C)C.CCNC=O. The van der Waals surface area contributed by atoms with E-state index in [4.69, 9.17) is 23.2 Å². The predicted molar refractivity (Wildman–Crippen MR) is 142 cm³/mol. The van der Waals surface area contributed by atoms with Crippen LogP contribution in [0.2, 0.25) is 10.0 Å². The number of rotatable bonds is 7. The number of carbonyl (C=O) groups excluding carboxylic acids is 1. The van der Waals surface area contributed by atoms with E-state index in [1.165, 1.54) is 12.1 Å². The van der Waals surface area contributed by atoms with Crippen molar-refractivity contribution in [1.82, 2.24) is 10.2 Å². The van der Waals surface area contributed by atoms with Crippen LogP contribution >= 0.6 is 23.2 Å². The molecule has 1 heterocycles. The summed E-state index contributed by atoms with van der Waals surface area (Å²) in [5.74, 6) is -1.69. The van der Waals surface area contributed by atoms with E-state index in [1.54, 1.807) is 24.3 Å². The maximum atomic E-state index is 15.4. The molecule has 1 fully saturated rings. The van der Waals surface area contributed by atoms with Gasteiger partial charge in [-0.1, -0.05) is 75.5 Å². The smallest absolute Gasteiger partial charge is 0.207 e. The molecule has 0 unspecified atom stereocenters. The van der Waals surface area contributed by atoms with Crippen LogP contribution in [0.4, 0.5) is 8.78 Å². The number of unbranched alkanes of at least 4 members (excludes halogenated alkanes) is 1. The van der Waals surface area contributed by atoms with E-state index in [0.717, 1.165) is 25.9 Å². The number of hydrogen-bond donors (Lipinski definition) is 1. The number of halogens is 4. The van der Waals surface area contributed by atoms with Gasteiger partial charge in [-0.05, 0) is 49.1 Å².